The molecule has 0 saturated heterocycles. The zero-order valence-electron chi connectivity index (χ0n) is 19.2. The number of amides is 1. The number of anilines is 1. The molecule has 7 heteroatoms. The quantitative estimate of drug-likeness (QED) is 0.453. The molecule has 0 aliphatic heterocycles. The van der Waals surface area contributed by atoms with E-state index in [4.69, 9.17) is 4.74 Å². The van der Waals surface area contributed by atoms with Crippen LogP contribution < -0.4 is 14.4 Å². The fraction of sp³-hybridized carbons (Fsp3) is 0.269. The molecule has 0 bridgehead atoms. The van der Waals surface area contributed by atoms with E-state index in [0.29, 0.717) is 12.2 Å². The number of hydrogen-bond acceptors (Lipinski definition) is 4. The maximum absolute atomic E-state index is 13.4. The zero-order valence-corrected chi connectivity index (χ0v) is 20.1. The Balaban J connectivity index is 1.70. The molecule has 33 heavy (non-hydrogen) atoms. The predicted molar refractivity (Wildman–Crippen MR) is 131 cm³/mol. The van der Waals surface area contributed by atoms with Crippen molar-refractivity contribution in [2.45, 2.75) is 31.6 Å². The molecule has 3 aromatic carbocycles. The minimum absolute atomic E-state index is 0.147. The van der Waals surface area contributed by atoms with E-state index in [9.17, 15) is 13.2 Å². The number of nitrogens with one attached hydrogen (secondary N) is 1. The first-order valence-corrected chi connectivity index (χ1v) is 12.3. The second-order valence-corrected chi connectivity index (χ2v) is 9.76. The standard InChI is InChI=1S/C26H30N2O4S/c1-20-14-15-23(17-21(20)2)28(33(30,31)25-12-5-4-6-13-25)19-26(29)27-16-8-10-22-9-7-11-24(18-22)32-3/h4-7,9,11-15,17-18H,8,10,16,19H2,1-3H3,(H,27,29). The summed E-state index contributed by atoms with van der Waals surface area (Å²) in [5, 5.41) is 2.86. The van der Waals surface area contributed by atoms with Crippen molar-refractivity contribution < 1.29 is 17.9 Å². The second-order valence-electron chi connectivity index (χ2n) is 7.90. The zero-order chi connectivity index (χ0) is 23.8. The summed E-state index contributed by atoms with van der Waals surface area (Å²) < 4.78 is 33.2. The van der Waals surface area contributed by atoms with Gasteiger partial charge in [0, 0.05) is 6.54 Å². The molecule has 3 rings (SSSR count). The van der Waals surface area contributed by atoms with Gasteiger partial charge in [0.05, 0.1) is 17.7 Å². The molecule has 0 aliphatic carbocycles. The van der Waals surface area contributed by atoms with Crippen LogP contribution in [0.15, 0.2) is 77.7 Å². The third-order valence-electron chi connectivity index (χ3n) is 5.50. The van der Waals surface area contributed by atoms with Crippen molar-refractivity contribution in [3.8, 4) is 5.75 Å². The van der Waals surface area contributed by atoms with E-state index in [-0.39, 0.29) is 17.3 Å². The minimum Gasteiger partial charge on any atom is -0.497 e. The molecular weight excluding hydrogens is 436 g/mol. The van der Waals surface area contributed by atoms with Crippen LogP contribution in [0.1, 0.15) is 23.1 Å². The molecule has 1 amide bonds. The van der Waals surface area contributed by atoms with Crippen LogP contribution in [0.25, 0.3) is 0 Å². The Bertz CT molecular complexity index is 1190. The highest BCUT2D eigenvalue weighted by Crippen LogP contribution is 2.25. The van der Waals surface area contributed by atoms with Gasteiger partial charge >= 0.3 is 0 Å². The molecule has 174 valence electrons. The number of ether oxygens (including phenoxy) is 1. The lowest BCUT2D eigenvalue weighted by Gasteiger charge is -2.25. The van der Waals surface area contributed by atoms with Crippen molar-refractivity contribution >= 4 is 21.6 Å². The Morgan fingerprint density at radius 1 is 0.939 bits per heavy atom. The Hall–Kier alpha value is -3.32. The first-order valence-electron chi connectivity index (χ1n) is 10.9. The number of carbonyl (C=O) groups excluding carboxylic acids is 1. The monoisotopic (exact) mass is 466 g/mol. The van der Waals surface area contributed by atoms with Gasteiger partial charge in [-0.1, -0.05) is 36.4 Å². The van der Waals surface area contributed by atoms with Gasteiger partial charge in [-0.25, -0.2) is 8.42 Å². The van der Waals surface area contributed by atoms with E-state index in [1.54, 1.807) is 37.4 Å². The Morgan fingerprint density at radius 3 is 2.39 bits per heavy atom. The largest absolute Gasteiger partial charge is 0.497 e. The van der Waals surface area contributed by atoms with Crippen LogP contribution in [0, 0.1) is 13.8 Å². The van der Waals surface area contributed by atoms with Gasteiger partial charge in [-0.2, -0.15) is 0 Å². The van der Waals surface area contributed by atoms with Gasteiger partial charge in [0.25, 0.3) is 10.0 Å². The van der Waals surface area contributed by atoms with Crippen LogP contribution in [0.3, 0.4) is 0 Å². The van der Waals surface area contributed by atoms with Crippen LogP contribution in [0.2, 0.25) is 0 Å². The Labute approximate surface area is 196 Å². The Morgan fingerprint density at radius 2 is 1.70 bits per heavy atom. The molecule has 0 radical (unpaired) electrons. The molecule has 3 aromatic rings. The maximum atomic E-state index is 13.4. The van der Waals surface area contributed by atoms with Gasteiger partial charge in [0.1, 0.15) is 12.3 Å². The van der Waals surface area contributed by atoms with E-state index in [1.165, 1.54) is 16.4 Å². The van der Waals surface area contributed by atoms with Gasteiger partial charge in [0.2, 0.25) is 5.91 Å². The number of carbonyl (C=O) groups is 1. The Kier molecular flexibility index (Phi) is 8.11. The smallest absolute Gasteiger partial charge is 0.264 e. The van der Waals surface area contributed by atoms with E-state index in [1.807, 2.05) is 44.2 Å². The summed E-state index contributed by atoms with van der Waals surface area (Å²) >= 11 is 0. The number of methoxy groups -OCH3 is 1. The van der Waals surface area contributed by atoms with Gasteiger partial charge in [-0.15, -0.1) is 0 Å². The van der Waals surface area contributed by atoms with Gasteiger partial charge in [-0.3, -0.25) is 9.10 Å². The summed E-state index contributed by atoms with van der Waals surface area (Å²) in [6, 6.07) is 21.4. The highest BCUT2D eigenvalue weighted by Gasteiger charge is 2.27. The molecule has 0 atom stereocenters. The number of hydrogen-bond donors (Lipinski definition) is 1. The van der Waals surface area contributed by atoms with E-state index in [2.05, 4.69) is 5.32 Å². The minimum atomic E-state index is -3.90. The molecule has 0 heterocycles. The van der Waals surface area contributed by atoms with E-state index < -0.39 is 10.0 Å². The first kappa shape index (κ1) is 24.3. The summed E-state index contributed by atoms with van der Waals surface area (Å²) in [4.78, 5) is 12.9. The van der Waals surface area contributed by atoms with Crippen molar-refractivity contribution in [3.63, 3.8) is 0 Å². The van der Waals surface area contributed by atoms with Gasteiger partial charge < -0.3 is 10.1 Å². The van der Waals surface area contributed by atoms with E-state index in [0.717, 1.165) is 35.3 Å². The van der Waals surface area contributed by atoms with Crippen LogP contribution in [-0.2, 0) is 21.2 Å². The fourth-order valence-electron chi connectivity index (χ4n) is 3.45. The molecule has 0 fully saturated rings. The van der Waals surface area contributed by atoms with Crippen molar-refractivity contribution in [2.75, 3.05) is 24.5 Å². The van der Waals surface area contributed by atoms with E-state index >= 15 is 0 Å². The molecule has 6 nitrogen and oxygen atoms in total. The third-order valence-corrected chi connectivity index (χ3v) is 7.28. The lowest BCUT2D eigenvalue weighted by atomic mass is 10.1. The normalized spacial score (nSPS) is 11.1. The predicted octanol–water partition coefficient (Wildman–Crippen LogP) is 4.26. The molecular formula is C26H30N2O4S. The molecule has 0 aliphatic rings. The van der Waals surface area contributed by atoms with Crippen molar-refractivity contribution in [1.29, 1.82) is 0 Å². The summed E-state index contributed by atoms with van der Waals surface area (Å²) in [5.74, 6) is 0.449. The third kappa shape index (κ3) is 6.35. The maximum Gasteiger partial charge on any atom is 0.264 e. The van der Waals surface area contributed by atoms with Gasteiger partial charge in [0.15, 0.2) is 0 Å². The number of benzene rings is 3. The summed E-state index contributed by atoms with van der Waals surface area (Å²) in [6.45, 7) is 4.04. The highest BCUT2D eigenvalue weighted by atomic mass is 32.2. The SMILES string of the molecule is COc1cccc(CCCNC(=O)CN(c2ccc(C)c(C)c2)S(=O)(=O)c2ccccc2)c1. The summed E-state index contributed by atoms with van der Waals surface area (Å²) in [5.41, 5.74) is 3.60. The van der Waals surface area contributed by atoms with Crippen LogP contribution in [-0.4, -0.2) is 34.5 Å². The number of sulfonamides is 1. The molecule has 1 N–H and O–H groups in total. The number of rotatable bonds is 10. The van der Waals surface area contributed by atoms with Crippen LogP contribution in [0.5, 0.6) is 5.75 Å². The summed E-state index contributed by atoms with van der Waals surface area (Å²) in [7, 11) is -2.27. The van der Waals surface area contributed by atoms with Crippen molar-refractivity contribution in [2.24, 2.45) is 0 Å². The topological polar surface area (TPSA) is 75.7 Å². The van der Waals surface area contributed by atoms with Crippen molar-refractivity contribution in [3.05, 3.63) is 89.5 Å². The summed E-state index contributed by atoms with van der Waals surface area (Å²) in [6.07, 6.45) is 1.51. The average molecular weight is 467 g/mol. The molecule has 0 aromatic heterocycles. The molecule has 0 unspecified atom stereocenters. The van der Waals surface area contributed by atoms with Crippen molar-refractivity contribution in [1.82, 2.24) is 5.32 Å². The number of nitrogens with zero attached hydrogens (tertiary/aromatic N) is 1. The fourth-order valence-corrected chi connectivity index (χ4v) is 4.88. The lowest BCUT2D eigenvalue weighted by molar-refractivity contribution is -0.119. The highest BCUT2D eigenvalue weighted by molar-refractivity contribution is 7.92. The number of aryl methyl sites for hydroxylation is 3. The van der Waals surface area contributed by atoms with Crippen LogP contribution in [0.4, 0.5) is 5.69 Å². The first-order chi connectivity index (χ1) is 15.8. The van der Waals surface area contributed by atoms with Crippen LogP contribution >= 0.6 is 0 Å². The van der Waals surface area contributed by atoms with Gasteiger partial charge in [-0.05, 0) is 79.8 Å². The lowest BCUT2D eigenvalue weighted by Crippen LogP contribution is -2.41. The molecule has 0 spiro atoms. The molecule has 0 saturated carbocycles. The average Bonchev–Trinajstić information content (AvgIpc) is 2.83. The second kappa shape index (κ2) is 11.0.